The summed E-state index contributed by atoms with van der Waals surface area (Å²) in [6.07, 6.45) is 3.64. The summed E-state index contributed by atoms with van der Waals surface area (Å²) in [4.78, 5) is 14.6. The van der Waals surface area contributed by atoms with Crippen molar-refractivity contribution in [3.05, 3.63) is 47.9 Å². The van der Waals surface area contributed by atoms with Crippen molar-refractivity contribution >= 4 is 11.7 Å². The number of likely N-dealkylation sites (tertiary alicyclic amines) is 1. The number of benzene rings is 1. The fourth-order valence-corrected chi connectivity index (χ4v) is 3.02. The number of amides is 1. The Morgan fingerprint density at radius 2 is 2.30 bits per heavy atom. The van der Waals surface area contributed by atoms with E-state index in [4.69, 9.17) is 0 Å². The highest BCUT2D eigenvalue weighted by atomic mass is 19.1. The van der Waals surface area contributed by atoms with E-state index in [1.807, 2.05) is 13.1 Å². The first kappa shape index (κ1) is 15.7. The molecule has 0 radical (unpaired) electrons. The van der Waals surface area contributed by atoms with Gasteiger partial charge in [0.1, 0.15) is 5.82 Å². The van der Waals surface area contributed by atoms with Crippen molar-refractivity contribution in [2.45, 2.75) is 19.4 Å². The van der Waals surface area contributed by atoms with Gasteiger partial charge in [-0.15, -0.1) is 0 Å². The lowest BCUT2D eigenvalue weighted by atomic mass is 9.96. The molecule has 0 spiro atoms. The van der Waals surface area contributed by atoms with E-state index in [9.17, 15) is 9.18 Å². The molecule has 0 aliphatic carbocycles. The van der Waals surface area contributed by atoms with Crippen LogP contribution >= 0.6 is 0 Å². The fraction of sp³-hybridized carbons (Fsp3) is 0.412. The molecule has 1 fully saturated rings. The van der Waals surface area contributed by atoms with Gasteiger partial charge < -0.3 is 5.32 Å². The summed E-state index contributed by atoms with van der Waals surface area (Å²) in [5, 5.41) is 7.04. The van der Waals surface area contributed by atoms with Crippen molar-refractivity contribution in [1.29, 1.82) is 0 Å². The predicted molar refractivity (Wildman–Crippen MR) is 86.2 cm³/mol. The maximum atomic E-state index is 13.3. The zero-order valence-electron chi connectivity index (χ0n) is 13.2. The number of piperidine rings is 1. The standard InChI is InChI=1S/C17H21FN4O/c1-21-9-7-16(20-21)19-17(23)14-5-3-8-22(12-14)11-13-4-2-6-15(18)10-13/h2,4,6-7,9-10,14H,3,5,8,11-12H2,1H3,(H,19,20,23)/t14-/m0/s1. The van der Waals surface area contributed by atoms with Crippen LogP contribution in [0.2, 0.25) is 0 Å². The first-order chi connectivity index (χ1) is 11.1. The van der Waals surface area contributed by atoms with Gasteiger partial charge in [0.2, 0.25) is 5.91 Å². The van der Waals surface area contributed by atoms with E-state index in [0.717, 1.165) is 24.9 Å². The van der Waals surface area contributed by atoms with Crippen molar-refractivity contribution in [3.8, 4) is 0 Å². The van der Waals surface area contributed by atoms with E-state index >= 15 is 0 Å². The van der Waals surface area contributed by atoms with Gasteiger partial charge in [-0.2, -0.15) is 5.10 Å². The molecular formula is C17H21FN4O. The molecule has 1 aromatic carbocycles. The normalized spacial score (nSPS) is 18.8. The molecule has 1 amide bonds. The van der Waals surface area contributed by atoms with Crippen LogP contribution in [0.1, 0.15) is 18.4 Å². The SMILES string of the molecule is Cn1ccc(NC(=O)[C@H]2CCCN(Cc3cccc(F)c3)C2)n1. The highest BCUT2D eigenvalue weighted by Crippen LogP contribution is 2.20. The van der Waals surface area contributed by atoms with Gasteiger partial charge in [0.15, 0.2) is 5.82 Å². The molecule has 2 aromatic rings. The van der Waals surface area contributed by atoms with Crippen LogP contribution in [0.25, 0.3) is 0 Å². The van der Waals surface area contributed by atoms with Gasteiger partial charge in [-0.05, 0) is 37.1 Å². The van der Waals surface area contributed by atoms with Crippen LogP contribution in [-0.2, 0) is 18.4 Å². The van der Waals surface area contributed by atoms with Gasteiger partial charge in [0.05, 0.1) is 5.92 Å². The van der Waals surface area contributed by atoms with Crippen LogP contribution < -0.4 is 5.32 Å². The number of carbonyl (C=O) groups is 1. The van der Waals surface area contributed by atoms with E-state index in [-0.39, 0.29) is 17.6 Å². The molecule has 0 saturated carbocycles. The highest BCUT2D eigenvalue weighted by molar-refractivity contribution is 5.91. The molecule has 6 heteroatoms. The average Bonchev–Trinajstić information content (AvgIpc) is 2.92. The quantitative estimate of drug-likeness (QED) is 0.942. The van der Waals surface area contributed by atoms with E-state index in [2.05, 4.69) is 15.3 Å². The second kappa shape index (κ2) is 6.91. The molecule has 1 atom stereocenters. The van der Waals surface area contributed by atoms with Crippen molar-refractivity contribution in [1.82, 2.24) is 14.7 Å². The molecule has 0 unspecified atom stereocenters. The Kier molecular flexibility index (Phi) is 4.71. The predicted octanol–water partition coefficient (Wildman–Crippen LogP) is 2.41. The van der Waals surface area contributed by atoms with E-state index in [0.29, 0.717) is 18.9 Å². The molecule has 0 bridgehead atoms. The summed E-state index contributed by atoms with van der Waals surface area (Å²) < 4.78 is 14.9. The van der Waals surface area contributed by atoms with Gasteiger partial charge >= 0.3 is 0 Å². The Hall–Kier alpha value is -2.21. The molecule has 2 heterocycles. The Balaban J connectivity index is 1.58. The molecule has 5 nitrogen and oxygen atoms in total. The number of aryl methyl sites for hydroxylation is 1. The molecule has 1 aromatic heterocycles. The number of nitrogens with zero attached hydrogens (tertiary/aromatic N) is 3. The minimum atomic E-state index is -0.219. The third-order valence-corrected chi connectivity index (χ3v) is 4.14. The Morgan fingerprint density at radius 1 is 1.43 bits per heavy atom. The van der Waals surface area contributed by atoms with Gasteiger partial charge in [0.25, 0.3) is 0 Å². The minimum Gasteiger partial charge on any atom is -0.309 e. The van der Waals surface area contributed by atoms with Crippen molar-refractivity contribution in [2.75, 3.05) is 18.4 Å². The summed E-state index contributed by atoms with van der Waals surface area (Å²) in [5.41, 5.74) is 0.941. The van der Waals surface area contributed by atoms with Crippen LogP contribution in [0, 0.1) is 11.7 Å². The molecular weight excluding hydrogens is 295 g/mol. The van der Waals surface area contributed by atoms with Gasteiger partial charge in [-0.1, -0.05) is 12.1 Å². The third-order valence-electron chi connectivity index (χ3n) is 4.14. The van der Waals surface area contributed by atoms with E-state index < -0.39 is 0 Å². The number of hydrogen-bond donors (Lipinski definition) is 1. The number of halogens is 1. The molecule has 1 N–H and O–H groups in total. The van der Waals surface area contributed by atoms with E-state index in [1.54, 1.807) is 29.1 Å². The summed E-state index contributed by atoms with van der Waals surface area (Å²) >= 11 is 0. The minimum absolute atomic E-state index is 0.00708. The number of rotatable bonds is 4. The van der Waals surface area contributed by atoms with Crippen LogP contribution in [0.15, 0.2) is 36.5 Å². The topological polar surface area (TPSA) is 50.2 Å². The number of anilines is 1. The second-order valence-electron chi connectivity index (χ2n) is 6.07. The smallest absolute Gasteiger partial charge is 0.229 e. The lowest BCUT2D eigenvalue weighted by Gasteiger charge is -2.31. The van der Waals surface area contributed by atoms with Gasteiger partial charge in [-0.3, -0.25) is 14.4 Å². The molecule has 1 aliphatic heterocycles. The average molecular weight is 316 g/mol. The Labute approximate surface area is 135 Å². The lowest BCUT2D eigenvalue weighted by molar-refractivity contribution is -0.121. The zero-order chi connectivity index (χ0) is 16.2. The lowest BCUT2D eigenvalue weighted by Crippen LogP contribution is -2.40. The molecule has 1 saturated heterocycles. The summed E-state index contributed by atoms with van der Waals surface area (Å²) in [7, 11) is 1.82. The summed E-state index contributed by atoms with van der Waals surface area (Å²) in [6, 6.07) is 8.42. The van der Waals surface area contributed by atoms with E-state index in [1.165, 1.54) is 6.07 Å². The summed E-state index contributed by atoms with van der Waals surface area (Å²) in [6.45, 7) is 2.30. The molecule has 122 valence electrons. The highest BCUT2D eigenvalue weighted by Gasteiger charge is 2.26. The Morgan fingerprint density at radius 3 is 3.04 bits per heavy atom. The maximum Gasteiger partial charge on any atom is 0.229 e. The van der Waals surface area contributed by atoms with Crippen LogP contribution in [-0.4, -0.2) is 33.7 Å². The summed E-state index contributed by atoms with van der Waals surface area (Å²) in [5.74, 6) is 0.315. The first-order valence-electron chi connectivity index (χ1n) is 7.87. The number of nitrogens with one attached hydrogen (secondary N) is 1. The monoisotopic (exact) mass is 316 g/mol. The molecule has 1 aliphatic rings. The number of hydrogen-bond acceptors (Lipinski definition) is 3. The van der Waals surface area contributed by atoms with Crippen LogP contribution in [0.4, 0.5) is 10.2 Å². The van der Waals surface area contributed by atoms with Crippen LogP contribution in [0.5, 0.6) is 0 Å². The fourth-order valence-electron chi connectivity index (χ4n) is 3.02. The third kappa shape index (κ3) is 4.16. The van der Waals surface area contributed by atoms with Crippen LogP contribution in [0.3, 0.4) is 0 Å². The van der Waals surface area contributed by atoms with Crippen molar-refractivity contribution in [2.24, 2.45) is 13.0 Å². The number of aromatic nitrogens is 2. The molecule has 23 heavy (non-hydrogen) atoms. The molecule has 3 rings (SSSR count). The van der Waals surface area contributed by atoms with Gasteiger partial charge in [-0.25, -0.2) is 4.39 Å². The number of carbonyl (C=O) groups excluding carboxylic acids is 1. The van der Waals surface area contributed by atoms with Crippen molar-refractivity contribution < 1.29 is 9.18 Å². The maximum absolute atomic E-state index is 13.3. The zero-order valence-corrected chi connectivity index (χ0v) is 13.2. The van der Waals surface area contributed by atoms with Gasteiger partial charge in [0, 0.05) is 32.4 Å². The largest absolute Gasteiger partial charge is 0.309 e. The Bertz CT molecular complexity index is 685. The second-order valence-corrected chi connectivity index (χ2v) is 6.07. The first-order valence-corrected chi connectivity index (χ1v) is 7.87. The van der Waals surface area contributed by atoms with Crippen molar-refractivity contribution in [3.63, 3.8) is 0 Å².